The van der Waals surface area contributed by atoms with Gasteiger partial charge in [-0.1, -0.05) is 19.1 Å². The van der Waals surface area contributed by atoms with Gasteiger partial charge in [0.2, 0.25) is 5.91 Å². The molecular formula is C31H42N2O7. The van der Waals surface area contributed by atoms with Gasteiger partial charge in [0.05, 0.1) is 37.9 Å². The van der Waals surface area contributed by atoms with Crippen LogP contribution in [-0.2, 0) is 23.9 Å². The normalized spacial score (nSPS) is 29.1. The van der Waals surface area contributed by atoms with Crippen LogP contribution in [0.2, 0.25) is 0 Å². The molecule has 1 aromatic carbocycles. The van der Waals surface area contributed by atoms with Crippen LogP contribution in [0.3, 0.4) is 0 Å². The van der Waals surface area contributed by atoms with Gasteiger partial charge in [-0.2, -0.15) is 0 Å². The lowest BCUT2D eigenvalue weighted by molar-refractivity contribution is -0.162. The maximum atomic E-state index is 14.5. The number of allylic oxidation sites excluding steroid dienone is 1. The van der Waals surface area contributed by atoms with E-state index in [-0.39, 0.29) is 31.6 Å². The monoisotopic (exact) mass is 554 g/mol. The van der Waals surface area contributed by atoms with Crippen molar-refractivity contribution >= 4 is 23.5 Å². The fourth-order valence-corrected chi connectivity index (χ4v) is 6.87. The van der Waals surface area contributed by atoms with Crippen LogP contribution in [0, 0.1) is 11.8 Å². The number of ether oxygens (including phenoxy) is 3. The Kier molecular flexibility index (Phi) is 9.05. The lowest BCUT2D eigenvalue weighted by Crippen LogP contribution is -2.58. The van der Waals surface area contributed by atoms with Crippen molar-refractivity contribution in [1.29, 1.82) is 0 Å². The second-order valence-electron chi connectivity index (χ2n) is 11.0. The minimum absolute atomic E-state index is 0.201. The van der Waals surface area contributed by atoms with Crippen LogP contribution in [-0.4, -0.2) is 77.9 Å². The van der Waals surface area contributed by atoms with Gasteiger partial charge in [-0.25, -0.2) is 0 Å². The van der Waals surface area contributed by atoms with Crippen molar-refractivity contribution in [3.63, 3.8) is 0 Å². The maximum Gasteiger partial charge on any atom is 0.312 e. The summed E-state index contributed by atoms with van der Waals surface area (Å²) in [4.78, 5) is 45.3. The number of methoxy groups -OCH3 is 1. The van der Waals surface area contributed by atoms with Gasteiger partial charge >= 0.3 is 5.97 Å². The third-order valence-electron chi connectivity index (χ3n) is 8.85. The Hall–Kier alpha value is -3.17. The number of hydrogen-bond acceptors (Lipinski definition) is 7. The molecule has 3 heterocycles. The summed E-state index contributed by atoms with van der Waals surface area (Å²) in [7, 11) is 1.57. The first-order valence-corrected chi connectivity index (χ1v) is 14.2. The van der Waals surface area contributed by atoms with E-state index in [0.29, 0.717) is 37.1 Å². The fourth-order valence-electron chi connectivity index (χ4n) is 6.87. The number of likely N-dealkylation sites (tertiary alicyclic amines) is 1. The Labute approximate surface area is 236 Å². The molecule has 3 fully saturated rings. The molecule has 2 unspecified atom stereocenters. The van der Waals surface area contributed by atoms with Gasteiger partial charge in [0.25, 0.3) is 5.91 Å². The summed E-state index contributed by atoms with van der Waals surface area (Å²) in [6, 6.07) is 5.40. The number of fused-ring (bicyclic) bond motifs is 1. The highest BCUT2D eigenvalue weighted by molar-refractivity contribution is 6.05. The summed E-state index contributed by atoms with van der Waals surface area (Å²) in [6.45, 7) is 11.3. The molecule has 0 radical (unpaired) electrons. The predicted molar refractivity (Wildman–Crippen MR) is 151 cm³/mol. The molecule has 4 rings (SSSR count). The second-order valence-corrected chi connectivity index (χ2v) is 11.0. The Balaban J connectivity index is 1.73. The Morgan fingerprint density at radius 2 is 1.95 bits per heavy atom. The molecule has 3 aliphatic heterocycles. The van der Waals surface area contributed by atoms with Crippen molar-refractivity contribution in [3.8, 4) is 5.75 Å². The zero-order valence-corrected chi connectivity index (χ0v) is 23.8. The van der Waals surface area contributed by atoms with E-state index in [1.807, 2.05) is 13.0 Å². The summed E-state index contributed by atoms with van der Waals surface area (Å²) in [5.41, 5.74) is -1.47. The zero-order valence-electron chi connectivity index (χ0n) is 23.8. The molecule has 3 aliphatic rings. The molecule has 1 spiro atoms. The lowest BCUT2D eigenvalue weighted by atomic mass is 9.65. The van der Waals surface area contributed by atoms with E-state index in [2.05, 4.69) is 13.2 Å². The maximum absolute atomic E-state index is 14.5. The first-order chi connectivity index (χ1) is 19.2. The van der Waals surface area contributed by atoms with Crippen LogP contribution in [0.4, 0.5) is 5.69 Å². The van der Waals surface area contributed by atoms with Crippen LogP contribution < -0.4 is 9.64 Å². The first kappa shape index (κ1) is 29.8. The standard InChI is InChI=1S/C31H42N2O7/c1-6-9-10-11-19-39-29(37)25-24-27(35)33(21(4)20-34)26(31(24)17-16-30(25,8-3)40-31)28(36)32(18-7-2)22-12-14-23(38-5)15-13-22/h6-7,12-15,21,24-26,34H,1-2,8-11,16-20H2,3-5H3/t21-,24+,25-,26?,30+,31?/m1/s1. The molecule has 0 saturated carbocycles. The summed E-state index contributed by atoms with van der Waals surface area (Å²) in [5.74, 6) is -2.19. The highest BCUT2D eigenvalue weighted by Crippen LogP contribution is 2.64. The molecule has 0 aromatic heterocycles. The number of unbranched alkanes of at least 4 members (excludes halogenated alkanes) is 2. The van der Waals surface area contributed by atoms with E-state index in [0.717, 1.165) is 12.8 Å². The number of anilines is 1. The highest BCUT2D eigenvalue weighted by atomic mass is 16.6. The molecule has 0 aliphatic carbocycles. The number of carbonyl (C=O) groups is 3. The number of hydrogen-bond donors (Lipinski definition) is 1. The van der Waals surface area contributed by atoms with E-state index >= 15 is 0 Å². The largest absolute Gasteiger partial charge is 0.497 e. The quantitative estimate of drug-likeness (QED) is 0.213. The van der Waals surface area contributed by atoms with Crippen LogP contribution in [0.5, 0.6) is 5.75 Å². The number of amides is 2. The second kappa shape index (κ2) is 12.1. The average molecular weight is 555 g/mol. The van der Waals surface area contributed by atoms with Crippen LogP contribution in [0.15, 0.2) is 49.6 Å². The third-order valence-corrected chi connectivity index (χ3v) is 8.85. The van der Waals surface area contributed by atoms with Crippen LogP contribution >= 0.6 is 0 Å². The van der Waals surface area contributed by atoms with E-state index < -0.39 is 41.1 Å². The summed E-state index contributed by atoms with van der Waals surface area (Å²) < 4.78 is 17.8. The van der Waals surface area contributed by atoms with E-state index in [9.17, 15) is 19.5 Å². The van der Waals surface area contributed by atoms with Crippen molar-refractivity contribution < 1.29 is 33.7 Å². The topological polar surface area (TPSA) is 106 Å². The number of esters is 1. The van der Waals surface area contributed by atoms with Crippen molar-refractivity contribution in [2.24, 2.45) is 11.8 Å². The number of rotatable bonds is 14. The van der Waals surface area contributed by atoms with Gasteiger partial charge in [-0.3, -0.25) is 14.4 Å². The molecular weight excluding hydrogens is 512 g/mol. The molecule has 9 nitrogen and oxygen atoms in total. The molecule has 1 aromatic rings. The number of aliphatic hydroxyl groups is 1. The molecule has 9 heteroatoms. The Morgan fingerprint density at radius 1 is 1.23 bits per heavy atom. The molecule has 218 valence electrons. The molecule has 2 amide bonds. The predicted octanol–water partition coefficient (Wildman–Crippen LogP) is 3.65. The molecule has 40 heavy (non-hydrogen) atoms. The van der Waals surface area contributed by atoms with Gasteiger partial charge in [0.1, 0.15) is 23.3 Å². The highest BCUT2D eigenvalue weighted by Gasteiger charge is 2.79. The van der Waals surface area contributed by atoms with E-state index in [4.69, 9.17) is 14.2 Å². The summed E-state index contributed by atoms with van der Waals surface area (Å²) in [6.07, 6.45) is 7.34. The smallest absolute Gasteiger partial charge is 0.312 e. The van der Waals surface area contributed by atoms with Gasteiger partial charge < -0.3 is 29.1 Å². The number of nitrogens with zero attached hydrogens (tertiary/aromatic N) is 2. The minimum Gasteiger partial charge on any atom is -0.497 e. The van der Waals surface area contributed by atoms with Gasteiger partial charge in [-0.05, 0) is 69.7 Å². The van der Waals surface area contributed by atoms with Crippen LogP contribution in [0.1, 0.15) is 52.4 Å². The van der Waals surface area contributed by atoms with Crippen molar-refractivity contribution in [2.75, 3.05) is 31.8 Å². The average Bonchev–Trinajstić information content (AvgIpc) is 3.58. The minimum atomic E-state index is -1.20. The van der Waals surface area contributed by atoms with Crippen molar-refractivity contribution in [3.05, 3.63) is 49.6 Å². The number of carbonyl (C=O) groups excluding carboxylic acids is 3. The first-order valence-electron chi connectivity index (χ1n) is 14.2. The van der Waals surface area contributed by atoms with Gasteiger partial charge in [0, 0.05) is 12.2 Å². The number of benzene rings is 1. The van der Waals surface area contributed by atoms with E-state index in [1.54, 1.807) is 49.3 Å². The summed E-state index contributed by atoms with van der Waals surface area (Å²) in [5, 5.41) is 10.1. The molecule has 6 atom stereocenters. The molecule has 2 bridgehead atoms. The Bertz CT molecular complexity index is 1120. The molecule has 1 N–H and O–H groups in total. The van der Waals surface area contributed by atoms with E-state index in [1.165, 1.54) is 4.90 Å². The third kappa shape index (κ3) is 4.83. The zero-order chi connectivity index (χ0) is 29.1. The Morgan fingerprint density at radius 3 is 2.55 bits per heavy atom. The lowest BCUT2D eigenvalue weighted by Gasteiger charge is -2.38. The fraction of sp³-hybridized carbons (Fsp3) is 0.581. The van der Waals surface area contributed by atoms with Crippen molar-refractivity contribution in [2.45, 2.75) is 75.7 Å². The van der Waals surface area contributed by atoms with Gasteiger partial charge in [-0.15, -0.1) is 13.2 Å². The summed E-state index contributed by atoms with van der Waals surface area (Å²) >= 11 is 0. The number of aliphatic hydroxyl groups excluding tert-OH is 1. The van der Waals surface area contributed by atoms with Crippen molar-refractivity contribution in [1.82, 2.24) is 4.90 Å². The SMILES string of the molecule is C=CCCCCOC(=O)[C@H]1[C@H]2C(=O)N([C@H](C)CO)C(C(=O)N(CC=C)c3ccc(OC)cc3)C23CC[C@]1(CC)O3. The van der Waals surface area contributed by atoms with Crippen LogP contribution in [0.25, 0.3) is 0 Å². The molecule has 3 saturated heterocycles. The van der Waals surface area contributed by atoms with Gasteiger partial charge in [0.15, 0.2) is 0 Å².